The monoisotopic (exact) mass is 421 g/mol. The van der Waals surface area contributed by atoms with E-state index in [1.165, 1.54) is 18.7 Å². The molecule has 0 fully saturated rings. The summed E-state index contributed by atoms with van der Waals surface area (Å²) in [5.74, 6) is -4.10. The molecule has 4 amide bonds. The Balaban J connectivity index is 4.80. The molecule has 0 heterocycles. The maximum absolute atomic E-state index is 12.3. The third-order valence-electron chi connectivity index (χ3n) is 3.53. The number of nitrogens with two attached hydrogens (primary N) is 2. The van der Waals surface area contributed by atoms with E-state index in [-0.39, 0.29) is 6.42 Å². The van der Waals surface area contributed by atoms with Crippen LogP contribution in [0.4, 0.5) is 0 Å². The van der Waals surface area contributed by atoms with E-state index in [0.29, 0.717) is 5.75 Å². The van der Waals surface area contributed by atoms with Crippen molar-refractivity contribution in [3.05, 3.63) is 0 Å². The molecular formula is C15H27N5O7S. The van der Waals surface area contributed by atoms with Crippen LogP contribution in [0.2, 0.25) is 0 Å². The average molecular weight is 421 g/mol. The van der Waals surface area contributed by atoms with Crippen molar-refractivity contribution in [1.82, 2.24) is 16.0 Å². The summed E-state index contributed by atoms with van der Waals surface area (Å²) >= 11 is 1.43. The second kappa shape index (κ2) is 12.9. The number of thioether (sulfide) groups is 1. The minimum absolute atomic E-state index is 0.242. The van der Waals surface area contributed by atoms with Gasteiger partial charge in [0.1, 0.15) is 18.1 Å². The van der Waals surface area contributed by atoms with Crippen LogP contribution in [0.25, 0.3) is 0 Å². The molecule has 0 rings (SSSR count). The first kappa shape index (κ1) is 25.6. The number of aliphatic hydroxyl groups excluding tert-OH is 1. The summed E-state index contributed by atoms with van der Waals surface area (Å²) in [5.41, 5.74) is 10.4. The van der Waals surface area contributed by atoms with Crippen molar-refractivity contribution in [1.29, 1.82) is 0 Å². The Bertz CT molecular complexity index is 587. The summed E-state index contributed by atoms with van der Waals surface area (Å²) in [5, 5.41) is 25.0. The van der Waals surface area contributed by atoms with E-state index in [9.17, 15) is 29.1 Å². The lowest BCUT2D eigenvalue weighted by molar-refractivity contribution is -0.143. The number of carboxylic acids is 1. The Hall–Kier alpha value is -2.38. The number of rotatable bonds is 13. The normalized spacial score (nSPS) is 14.9. The SMILES string of the molecule is CSCCC(NC(=O)C(N)C(C)O)C(=O)NCC(=O)NC(CC(N)=O)C(=O)O. The van der Waals surface area contributed by atoms with E-state index in [0.717, 1.165) is 0 Å². The van der Waals surface area contributed by atoms with Crippen LogP contribution in [-0.2, 0) is 24.0 Å². The van der Waals surface area contributed by atoms with Gasteiger partial charge in [-0.25, -0.2) is 4.79 Å². The number of hydrogen-bond donors (Lipinski definition) is 7. The maximum atomic E-state index is 12.3. The molecule has 0 spiro atoms. The molecule has 0 bridgehead atoms. The van der Waals surface area contributed by atoms with Crippen LogP contribution >= 0.6 is 11.8 Å². The number of nitrogens with one attached hydrogen (secondary N) is 3. The van der Waals surface area contributed by atoms with Gasteiger partial charge < -0.3 is 37.6 Å². The van der Waals surface area contributed by atoms with Gasteiger partial charge in [-0.3, -0.25) is 19.2 Å². The van der Waals surface area contributed by atoms with Crippen molar-refractivity contribution in [2.24, 2.45) is 11.5 Å². The van der Waals surface area contributed by atoms with Crippen molar-refractivity contribution in [2.75, 3.05) is 18.6 Å². The molecule has 0 aliphatic heterocycles. The van der Waals surface area contributed by atoms with Crippen LogP contribution in [0.1, 0.15) is 19.8 Å². The quantitative estimate of drug-likeness (QED) is 0.157. The fourth-order valence-electron chi connectivity index (χ4n) is 1.93. The average Bonchev–Trinajstić information content (AvgIpc) is 2.60. The van der Waals surface area contributed by atoms with Crippen molar-refractivity contribution < 1.29 is 34.2 Å². The highest BCUT2D eigenvalue weighted by Gasteiger charge is 2.27. The highest BCUT2D eigenvalue weighted by molar-refractivity contribution is 7.98. The van der Waals surface area contributed by atoms with Gasteiger partial charge in [0.2, 0.25) is 23.6 Å². The number of aliphatic hydroxyl groups is 1. The topological polar surface area (TPSA) is 214 Å². The molecule has 4 atom stereocenters. The Labute approximate surface area is 166 Å². The van der Waals surface area contributed by atoms with Crippen LogP contribution in [0, 0.1) is 0 Å². The molecule has 0 aromatic heterocycles. The standard InChI is InChI=1S/C15H27N5O7S/c1-7(21)12(17)14(25)20-8(3-4-28-2)13(24)18-6-11(23)19-9(15(26)27)5-10(16)22/h7-9,12,21H,3-6,17H2,1-2H3,(H2,16,22)(H,18,24)(H,19,23)(H,20,25)(H,26,27). The molecule has 0 aliphatic carbocycles. The minimum atomic E-state index is -1.52. The predicted octanol–water partition coefficient (Wildman–Crippen LogP) is -3.51. The summed E-state index contributed by atoms with van der Waals surface area (Å²) < 4.78 is 0. The van der Waals surface area contributed by atoms with Gasteiger partial charge in [0.15, 0.2) is 0 Å². The van der Waals surface area contributed by atoms with Gasteiger partial charge >= 0.3 is 5.97 Å². The molecular weight excluding hydrogens is 394 g/mol. The number of carbonyl (C=O) groups is 5. The van der Waals surface area contributed by atoms with E-state index < -0.39 is 66.8 Å². The van der Waals surface area contributed by atoms with E-state index >= 15 is 0 Å². The van der Waals surface area contributed by atoms with Crippen LogP contribution in [0.15, 0.2) is 0 Å². The predicted molar refractivity (Wildman–Crippen MR) is 101 cm³/mol. The number of carboxylic acid groups (broad SMARTS) is 1. The maximum Gasteiger partial charge on any atom is 0.326 e. The van der Waals surface area contributed by atoms with Gasteiger partial charge in [0.05, 0.1) is 19.1 Å². The lowest BCUT2D eigenvalue weighted by atomic mass is 10.1. The third kappa shape index (κ3) is 10.1. The highest BCUT2D eigenvalue weighted by Crippen LogP contribution is 2.02. The van der Waals surface area contributed by atoms with Gasteiger partial charge in [-0.15, -0.1) is 0 Å². The van der Waals surface area contributed by atoms with Gasteiger partial charge in [-0.2, -0.15) is 11.8 Å². The Kier molecular flexibility index (Phi) is 11.8. The fraction of sp³-hybridized carbons (Fsp3) is 0.667. The first-order valence-corrected chi connectivity index (χ1v) is 9.70. The fourth-order valence-corrected chi connectivity index (χ4v) is 2.40. The van der Waals surface area contributed by atoms with Crippen molar-refractivity contribution in [3.8, 4) is 0 Å². The van der Waals surface area contributed by atoms with Crippen molar-refractivity contribution >= 4 is 41.4 Å². The van der Waals surface area contributed by atoms with Crippen LogP contribution < -0.4 is 27.4 Å². The van der Waals surface area contributed by atoms with E-state index in [1.54, 1.807) is 6.26 Å². The lowest BCUT2D eigenvalue weighted by Crippen LogP contribution is -2.55. The molecule has 12 nitrogen and oxygen atoms in total. The Morgan fingerprint density at radius 2 is 1.68 bits per heavy atom. The summed E-state index contributed by atoms with van der Waals surface area (Å²) in [6.07, 6.45) is 0.329. The molecule has 9 N–H and O–H groups in total. The Morgan fingerprint density at radius 1 is 1.07 bits per heavy atom. The molecule has 13 heteroatoms. The molecule has 0 aliphatic rings. The van der Waals surface area contributed by atoms with Crippen molar-refractivity contribution in [3.63, 3.8) is 0 Å². The van der Waals surface area contributed by atoms with Crippen LogP contribution in [0.3, 0.4) is 0 Å². The third-order valence-corrected chi connectivity index (χ3v) is 4.17. The molecule has 0 saturated carbocycles. The number of amides is 4. The lowest BCUT2D eigenvalue weighted by Gasteiger charge is -2.21. The number of carbonyl (C=O) groups excluding carboxylic acids is 4. The summed E-state index contributed by atoms with van der Waals surface area (Å²) in [6.45, 7) is 0.756. The zero-order valence-electron chi connectivity index (χ0n) is 15.6. The largest absolute Gasteiger partial charge is 0.480 e. The number of hydrogen-bond acceptors (Lipinski definition) is 8. The van der Waals surface area contributed by atoms with Crippen LogP contribution in [0.5, 0.6) is 0 Å². The highest BCUT2D eigenvalue weighted by atomic mass is 32.2. The minimum Gasteiger partial charge on any atom is -0.480 e. The Morgan fingerprint density at radius 3 is 2.14 bits per heavy atom. The molecule has 0 aromatic rings. The molecule has 28 heavy (non-hydrogen) atoms. The molecule has 0 radical (unpaired) electrons. The first-order valence-electron chi connectivity index (χ1n) is 8.30. The van der Waals surface area contributed by atoms with Gasteiger partial charge in [0, 0.05) is 0 Å². The molecule has 4 unspecified atom stereocenters. The second-order valence-electron chi connectivity index (χ2n) is 5.96. The summed E-state index contributed by atoms with van der Waals surface area (Å²) in [4.78, 5) is 57.8. The van der Waals surface area contributed by atoms with Gasteiger partial charge in [-0.1, -0.05) is 0 Å². The zero-order chi connectivity index (χ0) is 21.9. The summed E-state index contributed by atoms with van der Waals surface area (Å²) in [7, 11) is 0. The molecule has 160 valence electrons. The van der Waals surface area contributed by atoms with Gasteiger partial charge in [-0.05, 0) is 25.4 Å². The summed E-state index contributed by atoms with van der Waals surface area (Å²) in [6, 6.07) is -3.74. The molecule has 0 aromatic carbocycles. The van der Waals surface area contributed by atoms with E-state index in [2.05, 4.69) is 16.0 Å². The molecule has 0 saturated heterocycles. The second-order valence-corrected chi connectivity index (χ2v) is 6.94. The number of primary amides is 1. The van der Waals surface area contributed by atoms with E-state index in [4.69, 9.17) is 16.6 Å². The van der Waals surface area contributed by atoms with E-state index in [1.807, 2.05) is 0 Å². The zero-order valence-corrected chi connectivity index (χ0v) is 16.5. The number of aliphatic carboxylic acids is 1. The smallest absolute Gasteiger partial charge is 0.326 e. The van der Waals surface area contributed by atoms with Crippen LogP contribution in [-0.4, -0.2) is 82.6 Å². The van der Waals surface area contributed by atoms with Gasteiger partial charge in [0.25, 0.3) is 0 Å². The first-order chi connectivity index (χ1) is 13.0. The van der Waals surface area contributed by atoms with Crippen molar-refractivity contribution in [2.45, 2.75) is 44.0 Å².